The zero-order valence-corrected chi connectivity index (χ0v) is 9.61. The van der Waals surface area contributed by atoms with Crippen molar-refractivity contribution in [2.24, 2.45) is 0 Å². The maximum atomic E-state index is 11.7. The summed E-state index contributed by atoms with van der Waals surface area (Å²) in [5.74, 6) is -0.158. The zero-order chi connectivity index (χ0) is 10.8. The molecule has 2 aromatic heterocycles. The van der Waals surface area contributed by atoms with E-state index in [9.17, 15) is 4.79 Å². The molecule has 1 amide bonds. The molecule has 0 aliphatic rings. The second-order valence-corrected chi connectivity index (χ2v) is 5.06. The number of nitrogens with one attached hydrogen (secondary N) is 1. The SMILES string of the molecule is Cc1sc(C(=O)Nc2nccs2)cc1N. The van der Waals surface area contributed by atoms with Crippen LogP contribution < -0.4 is 11.1 Å². The number of nitrogens with zero attached hydrogens (tertiary/aromatic N) is 1. The van der Waals surface area contributed by atoms with E-state index < -0.39 is 0 Å². The minimum atomic E-state index is -0.158. The molecule has 0 aliphatic heterocycles. The molecule has 4 nitrogen and oxygen atoms in total. The Morgan fingerprint density at radius 1 is 1.60 bits per heavy atom. The molecule has 3 N–H and O–H groups in total. The molecule has 2 heterocycles. The highest BCUT2D eigenvalue weighted by atomic mass is 32.1. The van der Waals surface area contributed by atoms with Crippen LogP contribution in [0.1, 0.15) is 14.5 Å². The Labute approximate surface area is 94.8 Å². The molecule has 6 heteroatoms. The highest BCUT2D eigenvalue weighted by Crippen LogP contribution is 2.24. The number of hydrogen-bond acceptors (Lipinski definition) is 5. The number of carbonyl (C=O) groups is 1. The van der Waals surface area contributed by atoms with E-state index in [1.165, 1.54) is 22.7 Å². The summed E-state index contributed by atoms with van der Waals surface area (Å²) in [6, 6.07) is 1.68. The van der Waals surface area contributed by atoms with Crippen LogP contribution in [-0.2, 0) is 0 Å². The smallest absolute Gasteiger partial charge is 0.267 e. The average molecular weight is 239 g/mol. The lowest BCUT2D eigenvalue weighted by atomic mass is 10.4. The summed E-state index contributed by atoms with van der Waals surface area (Å²) >= 11 is 2.77. The second-order valence-electron chi connectivity index (χ2n) is 2.91. The molecule has 0 saturated carbocycles. The summed E-state index contributed by atoms with van der Waals surface area (Å²) in [5.41, 5.74) is 6.33. The van der Waals surface area contributed by atoms with Crippen LogP contribution >= 0.6 is 22.7 Å². The monoisotopic (exact) mass is 239 g/mol. The molecular weight excluding hydrogens is 230 g/mol. The van der Waals surface area contributed by atoms with Crippen molar-refractivity contribution >= 4 is 39.4 Å². The number of nitrogens with two attached hydrogens (primary N) is 1. The van der Waals surface area contributed by atoms with Gasteiger partial charge in [-0.1, -0.05) is 0 Å². The van der Waals surface area contributed by atoms with Gasteiger partial charge in [-0.3, -0.25) is 10.1 Å². The fraction of sp³-hybridized carbons (Fsp3) is 0.111. The van der Waals surface area contributed by atoms with Crippen molar-refractivity contribution in [3.05, 3.63) is 27.4 Å². The van der Waals surface area contributed by atoms with Gasteiger partial charge in [0.25, 0.3) is 5.91 Å². The Kier molecular flexibility index (Phi) is 2.70. The topological polar surface area (TPSA) is 68.0 Å². The molecule has 15 heavy (non-hydrogen) atoms. The Balaban J connectivity index is 2.15. The van der Waals surface area contributed by atoms with E-state index in [4.69, 9.17) is 5.73 Å². The number of thiazole rings is 1. The fourth-order valence-corrected chi connectivity index (χ4v) is 2.41. The summed E-state index contributed by atoms with van der Waals surface area (Å²) in [7, 11) is 0. The number of hydrogen-bond donors (Lipinski definition) is 2. The maximum absolute atomic E-state index is 11.7. The van der Waals surface area contributed by atoms with Crippen molar-refractivity contribution in [3.8, 4) is 0 Å². The first-order valence-corrected chi connectivity index (χ1v) is 5.93. The number of rotatable bonds is 2. The van der Waals surface area contributed by atoms with Gasteiger partial charge >= 0.3 is 0 Å². The lowest BCUT2D eigenvalue weighted by molar-refractivity contribution is 0.103. The minimum Gasteiger partial charge on any atom is -0.398 e. The van der Waals surface area contributed by atoms with Crippen molar-refractivity contribution in [1.29, 1.82) is 0 Å². The van der Waals surface area contributed by atoms with Gasteiger partial charge in [0.2, 0.25) is 0 Å². The highest BCUT2D eigenvalue weighted by Gasteiger charge is 2.11. The first-order valence-electron chi connectivity index (χ1n) is 4.23. The van der Waals surface area contributed by atoms with Crippen LogP contribution in [0.2, 0.25) is 0 Å². The number of amides is 1. The molecule has 0 fully saturated rings. The van der Waals surface area contributed by atoms with Crippen LogP contribution in [0, 0.1) is 6.92 Å². The van der Waals surface area contributed by atoms with Crippen LogP contribution in [0.5, 0.6) is 0 Å². The molecule has 0 atom stereocenters. The first kappa shape index (κ1) is 10.1. The number of nitrogen functional groups attached to an aromatic ring is 1. The van der Waals surface area contributed by atoms with Gasteiger partial charge in [-0.2, -0.15) is 0 Å². The van der Waals surface area contributed by atoms with Gasteiger partial charge in [0.1, 0.15) is 0 Å². The van der Waals surface area contributed by atoms with Crippen molar-refractivity contribution in [3.63, 3.8) is 0 Å². The van der Waals surface area contributed by atoms with E-state index in [1.54, 1.807) is 12.3 Å². The maximum Gasteiger partial charge on any atom is 0.267 e. The molecular formula is C9H9N3OS2. The van der Waals surface area contributed by atoms with Gasteiger partial charge in [-0.15, -0.1) is 22.7 Å². The third-order valence-electron chi connectivity index (χ3n) is 1.83. The Morgan fingerprint density at radius 3 is 2.93 bits per heavy atom. The quantitative estimate of drug-likeness (QED) is 0.845. The molecule has 0 spiro atoms. The van der Waals surface area contributed by atoms with Gasteiger partial charge in [0, 0.05) is 22.1 Å². The van der Waals surface area contributed by atoms with E-state index in [0.717, 1.165) is 4.88 Å². The predicted octanol–water partition coefficient (Wildman–Crippen LogP) is 2.35. The van der Waals surface area contributed by atoms with Gasteiger partial charge < -0.3 is 5.73 Å². The van der Waals surface area contributed by atoms with Gasteiger partial charge in [0.05, 0.1) is 4.88 Å². The van der Waals surface area contributed by atoms with Crippen molar-refractivity contribution in [1.82, 2.24) is 4.98 Å². The molecule has 0 radical (unpaired) electrons. The first-order chi connectivity index (χ1) is 7.16. The summed E-state index contributed by atoms with van der Waals surface area (Å²) < 4.78 is 0. The molecule has 0 bridgehead atoms. The van der Waals surface area contributed by atoms with Crippen molar-refractivity contribution < 1.29 is 4.79 Å². The third kappa shape index (κ3) is 2.16. The highest BCUT2D eigenvalue weighted by molar-refractivity contribution is 7.15. The molecule has 0 aliphatic carbocycles. The number of carbonyl (C=O) groups excluding carboxylic acids is 1. The van der Waals surface area contributed by atoms with E-state index in [2.05, 4.69) is 10.3 Å². The van der Waals surface area contributed by atoms with Crippen LogP contribution in [0.15, 0.2) is 17.6 Å². The van der Waals surface area contributed by atoms with Gasteiger partial charge in [-0.25, -0.2) is 4.98 Å². The molecule has 2 aromatic rings. The molecule has 2 rings (SSSR count). The summed E-state index contributed by atoms with van der Waals surface area (Å²) in [4.78, 5) is 17.2. The van der Waals surface area contributed by atoms with Crippen LogP contribution in [0.25, 0.3) is 0 Å². The van der Waals surface area contributed by atoms with Gasteiger partial charge in [0.15, 0.2) is 5.13 Å². The van der Waals surface area contributed by atoms with Crippen LogP contribution in [-0.4, -0.2) is 10.9 Å². The summed E-state index contributed by atoms with van der Waals surface area (Å²) in [6.45, 7) is 1.89. The molecule has 0 unspecified atom stereocenters. The third-order valence-corrected chi connectivity index (χ3v) is 3.59. The lowest BCUT2D eigenvalue weighted by Gasteiger charge is -1.96. The number of anilines is 2. The number of thiophene rings is 1. The Morgan fingerprint density at radius 2 is 2.40 bits per heavy atom. The number of aromatic nitrogens is 1. The van der Waals surface area contributed by atoms with E-state index in [1.807, 2.05) is 12.3 Å². The van der Waals surface area contributed by atoms with Crippen molar-refractivity contribution in [2.45, 2.75) is 6.92 Å². The molecule has 78 valence electrons. The zero-order valence-electron chi connectivity index (χ0n) is 7.98. The van der Waals surface area contributed by atoms with Crippen molar-refractivity contribution in [2.75, 3.05) is 11.1 Å². The van der Waals surface area contributed by atoms with Gasteiger partial charge in [-0.05, 0) is 13.0 Å². The van der Waals surface area contributed by atoms with E-state index in [-0.39, 0.29) is 5.91 Å². The van der Waals surface area contributed by atoms with Crippen LogP contribution in [0.3, 0.4) is 0 Å². The van der Waals surface area contributed by atoms with E-state index in [0.29, 0.717) is 15.7 Å². The van der Waals surface area contributed by atoms with Crippen LogP contribution in [0.4, 0.5) is 10.8 Å². The Bertz CT molecular complexity index is 456. The summed E-state index contributed by atoms with van der Waals surface area (Å²) in [5, 5.41) is 5.11. The normalized spacial score (nSPS) is 10.2. The second kappa shape index (κ2) is 4.00. The molecule has 0 aromatic carbocycles. The standard InChI is InChI=1S/C9H9N3OS2/c1-5-6(10)4-7(15-5)8(13)12-9-11-2-3-14-9/h2-4H,10H2,1H3,(H,11,12,13). The number of aryl methyl sites for hydroxylation is 1. The fourth-order valence-electron chi connectivity index (χ4n) is 1.05. The predicted molar refractivity (Wildman–Crippen MR) is 63.5 cm³/mol. The lowest BCUT2D eigenvalue weighted by Crippen LogP contribution is -2.09. The van der Waals surface area contributed by atoms with E-state index >= 15 is 0 Å². The summed E-state index contributed by atoms with van der Waals surface area (Å²) in [6.07, 6.45) is 1.65. The Hall–Kier alpha value is -1.40. The average Bonchev–Trinajstić information content (AvgIpc) is 2.78. The largest absolute Gasteiger partial charge is 0.398 e. The molecule has 0 saturated heterocycles. The minimum absolute atomic E-state index is 0.158.